The molecular weight excluding hydrogens is 312 g/mol. The van der Waals surface area contributed by atoms with Gasteiger partial charge in [0.15, 0.2) is 0 Å². The largest absolute Gasteiger partial charge is 0.352 e. The average Bonchev–Trinajstić information content (AvgIpc) is 2.95. The molecule has 0 spiro atoms. The zero-order chi connectivity index (χ0) is 17.8. The molecule has 4 nitrogen and oxygen atoms in total. The summed E-state index contributed by atoms with van der Waals surface area (Å²) < 4.78 is 0. The minimum Gasteiger partial charge on any atom is -0.352 e. The van der Waals surface area contributed by atoms with Gasteiger partial charge in [0, 0.05) is 30.3 Å². The van der Waals surface area contributed by atoms with E-state index in [0.29, 0.717) is 18.5 Å². The maximum absolute atomic E-state index is 12.9. The summed E-state index contributed by atoms with van der Waals surface area (Å²) >= 11 is 0. The highest BCUT2D eigenvalue weighted by Gasteiger charge is 2.31. The maximum atomic E-state index is 12.9. The molecule has 1 N–H and O–H groups in total. The van der Waals surface area contributed by atoms with Crippen LogP contribution < -0.4 is 10.2 Å². The molecule has 0 aliphatic carbocycles. The van der Waals surface area contributed by atoms with Crippen LogP contribution in [0.3, 0.4) is 0 Å². The van der Waals surface area contributed by atoms with E-state index in [1.54, 1.807) is 0 Å². The summed E-state index contributed by atoms with van der Waals surface area (Å²) in [4.78, 5) is 26.5. The van der Waals surface area contributed by atoms with Crippen molar-refractivity contribution in [2.24, 2.45) is 0 Å². The molecule has 25 heavy (non-hydrogen) atoms. The van der Waals surface area contributed by atoms with Gasteiger partial charge in [-0.3, -0.25) is 9.59 Å². The average molecular weight is 336 g/mol. The second-order valence-electron chi connectivity index (χ2n) is 6.58. The molecule has 0 bridgehead atoms. The highest BCUT2D eigenvalue weighted by atomic mass is 16.2. The molecule has 3 rings (SSSR count). The van der Waals surface area contributed by atoms with Gasteiger partial charge in [-0.25, -0.2) is 0 Å². The van der Waals surface area contributed by atoms with Crippen LogP contribution in [0.4, 0.5) is 5.69 Å². The predicted molar refractivity (Wildman–Crippen MR) is 99.6 cm³/mol. The predicted octanol–water partition coefficient (Wildman–Crippen LogP) is 3.69. The van der Waals surface area contributed by atoms with Gasteiger partial charge in [-0.15, -0.1) is 0 Å². The third kappa shape index (κ3) is 3.73. The molecule has 0 radical (unpaired) electrons. The number of nitrogens with zero attached hydrogens (tertiary/aromatic N) is 1. The zero-order valence-electron chi connectivity index (χ0n) is 14.8. The third-order valence-electron chi connectivity index (χ3n) is 4.57. The number of benzene rings is 2. The first kappa shape index (κ1) is 17.2. The van der Waals surface area contributed by atoms with Gasteiger partial charge in [-0.05, 0) is 49.1 Å². The summed E-state index contributed by atoms with van der Waals surface area (Å²) in [7, 11) is 0. The molecule has 0 saturated heterocycles. The van der Waals surface area contributed by atoms with Crippen LogP contribution in [-0.2, 0) is 17.8 Å². The number of anilines is 1. The Morgan fingerprint density at radius 3 is 2.64 bits per heavy atom. The number of amides is 2. The normalized spacial score (nSPS) is 15.8. The van der Waals surface area contributed by atoms with Crippen molar-refractivity contribution < 1.29 is 9.59 Å². The second kappa shape index (κ2) is 7.51. The zero-order valence-corrected chi connectivity index (χ0v) is 14.8. The number of hydrogen-bond acceptors (Lipinski definition) is 2. The van der Waals surface area contributed by atoms with Crippen LogP contribution in [0, 0.1) is 0 Å². The minimum absolute atomic E-state index is 0.0269. The van der Waals surface area contributed by atoms with Crippen LogP contribution >= 0.6 is 0 Å². The Labute approximate surface area is 148 Å². The van der Waals surface area contributed by atoms with Crippen LogP contribution in [-0.4, -0.2) is 17.9 Å². The van der Waals surface area contributed by atoms with E-state index in [2.05, 4.69) is 18.3 Å². The van der Waals surface area contributed by atoms with E-state index in [4.69, 9.17) is 0 Å². The van der Waals surface area contributed by atoms with Gasteiger partial charge in [-0.1, -0.05) is 37.3 Å². The number of nitrogens with one attached hydrogen (secondary N) is 1. The lowest BCUT2D eigenvalue weighted by atomic mass is 10.1. The number of hydrogen-bond donors (Lipinski definition) is 1. The Bertz CT molecular complexity index is 771. The Hall–Kier alpha value is -2.62. The van der Waals surface area contributed by atoms with E-state index in [1.165, 1.54) is 5.56 Å². The molecular formula is C21H24N2O2. The fourth-order valence-electron chi connectivity index (χ4n) is 3.31. The quantitative estimate of drug-likeness (QED) is 0.905. The van der Waals surface area contributed by atoms with Gasteiger partial charge in [0.05, 0.1) is 0 Å². The SMILES string of the molecule is CCCC(=O)NCc1ccc2c(c1)N(C(=O)c1ccccc1)[C@H](C)C2. The van der Waals surface area contributed by atoms with E-state index < -0.39 is 0 Å². The Kier molecular flexibility index (Phi) is 5.17. The number of carbonyl (C=O) groups is 2. The van der Waals surface area contributed by atoms with Crippen LogP contribution in [0.1, 0.15) is 48.2 Å². The molecule has 1 aliphatic heterocycles. The first-order valence-corrected chi connectivity index (χ1v) is 8.87. The van der Waals surface area contributed by atoms with E-state index in [1.807, 2.05) is 54.3 Å². The molecule has 1 heterocycles. The van der Waals surface area contributed by atoms with E-state index in [-0.39, 0.29) is 17.9 Å². The molecule has 2 amide bonds. The Morgan fingerprint density at radius 1 is 1.16 bits per heavy atom. The molecule has 0 fully saturated rings. The standard InChI is InChI=1S/C21H24N2O2/c1-3-7-20(24)22-14-16-10-11-18-12-15(2)23(19(18)13-16)21(25)17-8-5-4-6-9-17/h4-6,8-11,13,15H,3,7,12,14H2,1-2H3,(H,22,24)/t15-/m1/s1. The van der Waals surface area contributed by atoms with Crippen LogP contribution in [0.15, 0.2) is 48.5 Å². The van der Waals surface area contributed by atoms with Crippen molar-refractivity contribution in [3.8, 4) is 0 Å². The van der Waals surface area contributed by atoms with E-state index in [9.17, 15) is 9.59 Å². The first-order chi connectivity index (χ1) is 12.1. The van der Waals surface area contributed by atoms with Crippen LogP contribution in [0.2, 0.25) is 0 Å². The molecule has 4 heteroatoms. The van der Waals surface area contributed by atoms with Gasteiger partial charge in [-0.2, -0.15) is 0 Å². The van der Waals surface area contributed by atoms with Gasteiger partial charge in [0.1, 0.15) is 0 Å². The molecule has 1 atom stereocenters. The molecule has 0 unspecified atom stereocenters. The lowest BCUT2D eigenvalue weighted by Crippen LogP contribution is -2.35. The first-order valence-electron chi connectivity index (χ1n) is 8.87. The van der Waals surface area contributed by atoms with Crippen molar-refractivity contribution in [3.63, 3.8) is 0 Å². The monoisotopic (exact) mass is 336 g/mol. The minimum atomic E-state index is 0.0269. The fourth-order valence-corrected chi connectivity index (χ4v) is 3.31. The molecule has 0 saturated carbocycles. The molecule has 0 aromatic heterocycles. The fraction of sp³-hybridized carbons (Fsp3) is 0.333. The summed E-state index contributed by atoms with van der Waals surface area (Å²) in [6.45, 7) is 4.56. The topological polar surface area (TPSA) is 49.4 Å². The highest BCUT2D eigenvalue weighted by molar-refractivity contribution is 6.07. The third-order valence-corrected chi connectivity index (χ3v) is 4.57. The van der Waals surface area contributed by atoms with Crippen molar-refractivity contribution in [2.45, 2.75) is 45.7 Å². The number of carbonyl (C=O) groups excluding carboxylic acids is 2. The van der Waals surface area contributed by atoms with Gasteiger partial charge >= 0.3 is 0 Å². The van der Waals surface area contributed by atoms with Crippen molar-refractivity contribution in [1.29, 1.82) is 0 Å². The molecule has 2 aromatic rings. The smallest absolute Gasteiger partial charge is 0.258 e. The van der Waals surface area contributed by atoms with Gasteiger partial charge < -0.3 is 10.2 Å². The van der Waals surface area contributed by atoms with E-state index in [0.717, 1.165) is 24.1 Å². The summed E-state index contributed by atoms with van der Waals surface area (Å²) in [5.41, 5.74) is 3.86. The van der Waals surface area contributed by atoms with Crippen LogP contribution in [0.5, 0.6) is 0 Å². The van der Waals surface area contributed by atoms with Crippen molar-refractivity contribution in [1.82, 2.24) is 5.32 Å². The summed E-state index contributed by atoms with van der Waals surface area (Å²) in [5.74, 6) is 0.0904. The molecule has 2 aromatic carbocycles. The molecule has 130 valence electrons. The van der Waals surface area contributed by atoms with Crippen LogP contribution in [0.25, 0.3) is 0 Å². The van der Waals surface area contributed by atoms with Crippen molar-refractivity contribution in [3.05, 3.63) is 65.2 Å². The number of rotatable bonds is 5. The second-order valence-corrected chi connectivity index (χ2v) is 6.58. The van der Waals surface area contributed by atoms with Crippen molar-refractivity contribution >= 4 is 17.5 Å². The lowest BCUT2D eigenvalue weighted by Gasteiger charge is -2.23. The summed E-state index contributed by atoms with van der Waals surface area (Å²) in [6.07, 6.45) is 2.24. The number of fused-ring (bicyclic) bond motifs is 1. The van der Waals surface area contributed by atoms with Gasteiger partial charge in [0.25, 0.3) is 5.91 Å². The highest BCUT2D eigenvalue weighted by Crippen LogP contribution is 2.34. The summed E-state index contributed by atoms with van der Waals surface area (Å²) in [6, 6.07) is 15.7. The Morgan fingerprint density at radius 2 is 1.92 bits per heavy atom. The maximum Gasteiger partial charge on any atom is 0.258 e. The Balaban J connectivity index is 1.81. The molecule has 1 aliphatic rings. The summed E-state index contributed by atoms with van der Waals surface area (Å²) in [5, 5.41) is 2.94. The lowest BCUT2D eigenvalue weighted by molar-refractivity contribution is -0.121. The van der Waals surface area contributed by atoms with Gasteiger partial charge in [0.2, 0.25) is 5.91 Å². The van der Waals surface area contributed by atoms with Crippen molar-refractivity contribution in [2.75, 3.05) is 4.90 Å². The van der Waals surface area contributed by atoms with E-state index >= 15 is 0 Å².